The van der Waals surface area contributed by atoms with E-state index >= 15 is 0 Å². The summed E-state index contributed by atoms with van der Waals surface area (Å²) in [5, 5.41) is 36.4. The van der Waals surface area contributed by atoms with Crippen LogP contribution < -0.4 is 0 Å². The minimum absolute atomic E-state index is 0.0122. The molecule has 1 aliphatic heterocycles. The predicted octanol–water partition coefficient (Wildman–Crippen LogP) is 0.419. The number of rotatable bonds is 5. The highest BCUT2D eigenvalue weighted by molar-refractivity contribution is 5.66. The molecule has 0 aromatic heterocycles. The molecular weight excluding hydrogens is 426 g/mol. The molecule has 13 atom stereocenters. The maximum absolute atomic E-state index is 12.5. The first-order valence-electron chi connectivity index (χ1n) is 12.7. The smallest absolute Gasteiger partial charge is 0.302 e. The molecule has 5 saturated carbocycles. The average molecular weight is 466 g/mol. The van der Waals surface area contributed by atoms with E-state index < -0.39 is 35.2 Å². The van der Waals surface area contributed by atoms with Crippen LogP contribution in [0.15, 0.2) is 0 Å². The maximum Gasteiger partial charge on any atom is 0.302 e. The number of nitrogens with zero attached hydrogens (tertiary/aromatic N) is 1. The van der Waals surface area contributed by atoms with Gasteiger partial charge in [-0.2, -0.15) is 0 Å². The minimum Gasteiger partial charge on any atom is -0.462 e. The zero-order chi connectivity index (χ0) is 23.5. The second kappa shape index (κ2) is 7.14. The molecule has 1 saturated heterocycles. The summed E-state index contributed by atoms with van der Waals surface area (Å²) in [5.41, 5.74) is -2.04. The Balaban J connectivity index is 1.59. The minimum atomic E-state index is -1.22. The molecule has 186 valence electrons. The lowest BCUT2D eigenvalue weighted by atomic mass is 9.43. The number of hydrogen-bond acceptors (Lipinski definition) is 8. The lowest BCUT2D eigenvalue weighted by molar-refractivity contribution is -0.274. The summed E-state index contributed by atoms with van der Waals surface area (Å²) in [6.07, 6.45) is 0.608. The molecule has 6 rings (SSSR count). The molecule has 6 fully saturated rings. The third-order valence-electron chi connectivity index (χ3n) is 11.1. The summed E-state index contributed by atoms with van der Waals surface area (Å²) in [6, 6.07) is -0.110. The molecule has 3 N–H and O–H groups in total. The molecule has 1 heterocycles. The molecule has 6 aliphatic rings. The SMILES string of the molecule is CCN1CC2(COC)CCC(O)C34C5CC6C(OC)CC(O)(C5C6OC(C)=O)C(C(O)C23)C14. The lowest BCUT2D eigenvalue weighted by Crippen LogP contribution is -2.76. The normalized spacial score (nSPS) is 58.4. The molecule has 1 spiro atoms. The molecule has 7 bridgehead atoms. The van der Waals surface area contributed by atoms with Gasteiger partial charge in [-0.3, -0.25) is 9.69 Å². The Morgan fingerprint density at radius 2 is 1.97 bits per heavy atom. The Bertz CT molecular complexity index is 840. The summed E-state index contributed by atoms with van der Waals surface area (Å²) in [7, 11) is 3.38. The number of hydrogen-bond donors (Lipinski definition) is 3. The quantitative estimate of drug-likeness (QED) is 0.502. The number of fused-ring (bicyclic) bond motifs is 2. The van der Waals surface area contributed by atoms with E-state index in [9.17, 15) is 20.1 Å². The second-order valence-electron chi connectivity index (χ2n) is 11.9. The van der Waals surface area contributed by atoms with Crippen LogP contribution in [0, 0.1) is 40.4 Å². The third-order valence-corrected chi connectivity index (χ3v) is 11.1. The van der Waals surface area contributed by atoms with E-state index in [4.69, 9.17) is 14.2 Å². The van der Waals surface area contributed by atoms with Gasteiger partial charge < -0.3 is 29.5 Å². The van der Waals surface area contributed by atoms with Gasteiger partial charge in [0.05, 0.1) is 30.5 Å². The number of aliphatic hydroxyl groups excluding tert-OH is 2. The van der Waals surface area contributed by atoms with Crippen LogP contribution >= 0.6 is 0 Å². The van der Waals surface area contributed by atoms with E-state index in [1.54, 1.807) is 14.2 Å². The molecule has 5 aliphatic carbocycles. The first-order valence-corrected chi connectivity index (χ1v) is 12.7. The third kappa shape index (κ3) is 2.41. The predicted molar refractivity (Wildman–Crippen MR) is 117 cm³/mol. The van der Waals surface area contributed by atoms with Crippen molar-refractivity contribution in [3.05, 3.63) is 0 Å². The number of piperidine rings is 1. The van der Waals surface area contributed by atoms with Gasteiger partial charge in [0, 0.05) is 74.7 Å². The van der Waals surface area contributed by atoms with Crippen LogP contribution in [-0.4, -0.2) is 96.2 Å². The van der Waals surface area contributed by atoms with Gasteiger partial charge in [-0.15, -0.1) is 0 Å². The van der Waals surface area contributed by atoms with Crippen molar-refractivity contribution in [3.63, 3.8) is 0 Å². The van der Waals surface area contributed by atoms with Crippen LogP contribution in [0.1, 0.15) is 39.5 Å². The molecule has 13 unspecified atom stereocenters. The number of esters is 1. The van der Waals surface area contributed by atoms with Gasteiger partial charge in [-0.1, -0.05) is 6.92 Å². The molecule has 0 radical (unpaired) electrons. The van der Waals surface area contributed by atoms with E-state index in [-0.39, 0.29) is 47.2 Å². The molecular formula is C25H39NO7. The summed E-state index contributed by atoms with van der Waals surface area (Å²) >= 11 is 0. The van der Waals surface area contributed by atoms with Gasteiger partial charge in [-0.05, 0) is 31.7 Å². The highest BCUT2D eigenvalue weighted by atomic mass is 16.5. The van der Waals surface area contributed by atoms with Gasteiger partial charge in [0.2, 0.25) is 0 Å². The molecule has 0 amide bonds. The maximum atomic E-state index is 12.5. The molecule has 33 heavy (non-hydrogen) atoms. The van der Waals surface area contributed by atoms with Crippen molar-refractivity contribution in [1.29, 1.82) is 0 Å². The van der Waals surface area contributed by atoms with Gasteiger partial charge >= 0.3 is 5.97 Å². The number of aliphatic hydroxyl groups is 3. The number of carbonyl (C=O) groups is 1. The topological polar surface area (TPSA) is 109 Å². The molecule has 0 aromatic rings. The Morgan fingerprint density at radius 1 is 1.21 bits per heavy atom. The highest BCUT2D eigenvalue weighted by Gasteiger charge is 2.86. The number of likely N-dealkylation sites (tertiary alicyclic amines) is 1. The van der Waals surface area contributed by atoms with E-state index in [0.717, 1.165) is 25.9 Å². The van der Waals surface area contributed by atoms with Crippen molar-refractivity contribution >= 4 is 5.97 Å². The molecule has 0 aromatic carbocycles. The average Bonchev–Trinajstić information content (AvgIpc) is 3.18. The van der Waals surface area contributed by atoms with Crippen LogP contribution in [0.4, 0.5) is 0 Å². The Morgan fingerprint density at radius 3 is 2.61 bits per heavy atom. The van der Waals surface area contributed by atoms with Gasteiger partial charge in [-0.25, -0.2) is 0 Å². The van der Waals surface area contributed by atoms with Crippen molar-refractivity contribution in [2.75, 3.05) is 33.9 Å². The standard InChI is InChI=1S/C25H39NO7/c1-5-26-10-23(11-31-3)7-6-16(28)25-14-8-13-15(32-4)9-24(30,17(14)20(13)33-12(2)27)18(22(25)26)19(29)21(23)25/h13-22,28-30H,5-11H2,1-4H3. The van der Waals surface area contributed by atoms with Crippen LogP contribution in [0.25, 0.3) is 0 Å². The zero-order valence-electron chi connectivity index (χ0n) is 20.1. The fourth-order valence-corrected chi connectivity index (χ4v) is 10.8. The summed E-state index contributed by atoms with van der Waals surface area (Å²) in [4.78, 5) is 14.6. The largest absolute Gasteiger partial charge is 0.462 e. The van der Waals surface area contributed by atoms with E-state index in [1.165, 1.54) is 6.92 Å². The number of carbonyl (C=O) groups excluding carboxylic acids is 1. The fourth-order valence-electron chi connectivity index (χ4n) is 10.8. The Labute approximate surface area is 195 Å². The first kappa shape index (κ1) is 22.7. The summed E-state index contributed by atoms with van der Waals surface area (Å²) in [5.74, 6) is -1.30. The van der Waals surface area contributed by atoms with Crippen molar-refractivity contribution in [2.24, 2.45) is 40.4 Å². The van der Waals surface area contributed by atoms with E-state index in [2.05, 4.69) is 11.8 Å². The lowest BCUT2D eigenvalue weighted by Gasteiger charge is -2.68. The van der Waals surface area contributed by atoms with Gasteiger partial charge in [0.15, 0.2) is 0 Å². The second-order valence-corrected chi connectivity index (χ2v) is 11.9. The number of ether oxygens (including phenoxy) is 3. The highest BCUT2D eigenvalue weighted by Crippen LogP contribution is 2.78. The summed E-state index contributed by atoms with van der Waals surface area (Å²) < 4.78 is 17.5. The van der Waals surface area contributed by atoms with E-state index in [0.29, 0.717) is 19.4 Å². The molecule has 8 nitrogen and oxygen atoms in total. The fraction of sp³-hybridized carbons (Fsp3) is 0.960. The van der Waals surface area contributed by atoms with Crippen LogP contribution in [-0.2, 0) is 19.0 Å². The van der Waals surface area contributed by atoms with Crippen molar-refractivity contribution < 1.29 is 34.3 Å². The van der Waals surface area contributed by atoms with Crippen molar-refractivity contribution in [2.45, 2.75) is 75.6 Å². The first-order chi connectivity index (χ1) is 15.7. The zero-order valence-corrected chi connectivity index (χ0v) is 20.1. The van der Waals surface area contributed by atoms with Crippen LogP contribution in [0.5, 0.6) is 0 Å². The van der Waals surface area contributed by atoms with Crippen LogP contribution in [0.3, 0.4) is 0 Å². The van der Waals surface area contributed by atoms with Gasteiger partial charge in [0.1, 0.15) is 6.10 Å². The number of methoxy groups -OCH3 is 2. The summed E-state index contributed by atoms with van der Waals surface area (Å²) in [6.45, 7) is 5.69. The van der Waals surface area contributed by atoms with E-state index in [1.807, 2.05) is 0 Å². The monoisotopic (exact) mass is 465 g/mol. The Hall–Kier alpha value is -0.770. The van der Waals surface area contributed by atoms with Crippen molar-refractivity contribution in [3.8, 4) is 0 Å². The van der Waals surface area contributed by atoms with Crippen molar-refractivity contribution in [1.82, 2.24) is 4.90 Å². The Kier molecular flexibility index (Phi) is 4.91. The molecule has 8 heteroatoms. The van der Waals surface area contributed by atoms with Gasteiger partial charge in [0.25, 0.3) is 0 Å². The van der Waals surface area contributed by atoms with Crippen LogP contribution in [0.2, 0.25) is 0 Å².